The summed E-state index contributed by atoms with van der Waals surface area (Å²) in [7, 11) is 2.10. The number of aryl methyl sites for hydroxylation is 4. The van der Waals surface area contributed by atoms with E-state index >= 15 is 0 Å². The monoisotopic (exact) mass is 315 g/mol. The van der Waals surface area contributed by atoms with Gasteiger partial charge in [0, 0.05) is 6.42 Å². The molecule has 120 valence electrons. The highest BCUT2D eigenvalue weighted by atomic mass is 15.0. The molecule has 0 atom stereocenters. The molecule has 0 radical (unpaired) electrons. The molecule has 0 saturated carbocycles. The molecule has 1 aliphatic carbocycles. The molecule has 2 heteroatoms. The maximum Gasteiger partial charge on any atom is 0.330 e. The standard InChI is InChI=1S/C22H23N2/c1-13-6-7-17-11-21-20(19(17)9-13)12-24(5)22(23-21)18-10-14(2)8-15(3)16(18)4/h6-10,12H,11H2,1-5H3/q+1. The number of hydrogen-bond donors (Lipinski definition) is 0. The van der Waals surface area contributed by atoms with E-state index in [1.165, 1.54) is 50.2 Å². The number of hydrogen-bond acceptors (Lipinski definition) is 1. The van der Waals surface area contributed by atoms with Gasteiger partial charge in [0.15, 0.2) is 5.69 Å². The molecule has 4 rings (SSSR count). The first kappa shape index (κ1) is 15.1. The maximum absolute atomic E-state index is 5.07. The van der Waals surface area contributed by atoms with Crippen LogP contribution < -0.4 is 4.57 Å². The minimum absolute atomic E-state index is 0.933. The lowest BCUT2D eigenvalue weighted by molar-refractivity contribution is -0.662. The van der Waals surface area contributed by atoms with Crippen LogP contribution in [0.1, 0.15) is 33.5 Å². The van der Waals surface area contributed by atoms with Crippen molar-refractivity contribution in [2.75, 3.05) is 0 Å². The van der Waals surface area contributed by atoms with Crippen molar-refractivity contribution in [2.24, 2.45) is 7.05 Å². The Kier molecular flexibility index (Phi) is 3.31. The summed E-state index contributed by atoms with van der Waals surface area (Å²) < 4.78 is 2.18. The van der Waals surface area contributed by atoms with Crippen LogP contribution in [0.15, 0.2) is 36.5 Å². The van der Waals surface area contributed by atoms with Crippen LogP contribution in [0.4, 0.5) is 0 Å². The Morgan fingerprint density at radius 1 is 0.875 bits per heavy atom. The Morgan fingerprint density at radius 3 is 2.42 bits per heavy atom. The summed E-state index contributed by atoms with van der Waals surface area (Å²) in [5.74, 6) is 1.06. The summed E-state index contributed by atoms with van der Waals surface area (Å²) in [5.41, 5.74) is 11.7. The van der Waals surface area contributed by atoms with E-state index in [1.807, 2.05) is 0 Å². The fourth-order valence-corrected chi connectivity index (χ4v) is 3.75. The first-order chi connectivity index (χ1) is 11.4. The second-order valence-electron chi connectivity index (χ2n) is 7.13. The molecule has 24 heavy (non-hydrogen) atoms. The van der Waals surface area contributed by atoms with E-state index in [-0.39, 0.29) is 0 Å². The number of rotatable bonds is 1. The van der Waals surface area contributed by atoms with E-state index in [0.717, 1.165) is 12.2 Å². The van der Waals surface area contributed by atoms with Gasteiger partial charge in [0.1, 0.15) is 6.20 Å². The van der Waals surface area contributed by atoms with Crippen molar-refractivity contribution in [3.05, 3.63) is 70.0 Å². The average Bonchev–Trinajstić information content (AvgIpc) is 2.87. The summed E-state index contributed by atoms with van der Waals surface area (Å²) in [6.07, 6.45) is 3.18. The second-order valence-corrected chi connectivity index (χ2v) is 7.13. The highest BCUT2D eigenvalue weighted by Crippen LogP contribution is 2.36. The molecule has 0 unspecified atom stereocenters. The maximum atomic E-state index is 5.07. The lowest BCUT2D eigenvalue weighted by atomic mass is 9.99. The smallest absolute Gasteiger partial charge is 0.232 e. The van der Waals surface area contributed by atoms with Crippen molar-refractivity contribution < 1.29 is 4.57 Å². The van der Waals surface area contributed by atoms with Gasteiger partial charge in [-0.2, -0.15) is 0 Å². The van der Waals surface area contributed by atoms with Crippen molar-refractivity contribution >= 4 is 0 Å². The predicted octanol–water partition coefficient (Wildman–Crippen LogP) is 4.38. The van der Waals surface area contributed by atoms with Crippen LogP contribution in [0.3, 0.4) is 0 Å². The van der Waals surface area contributed by atoms with Gasteiger partial charge in [0.25, 0.3) is 0 Å². The summed E-state index contributed by atoms with van der Waals surface area (Å²) >= 11 is 0. The zero-order chi connectivity index (χ0) is 17.0. The van der Waals surface area contributed by atoms with Crippen molar-refractivity contribution in [3.63, 3.8) is 0 Å². The van der Waals surface area contributed by atoms with E-state index in [9.17, 15) is 0 Å². The van der Waals surface area contributed by atoms with Gasteiger partial charge in [-0.05, 0) is 66.6 Å². The molecule has 2 aromatic carbocycles. The number of aromatic nitrogens is 2. The lowest BCUT2D eigenvalue weighted by Crippen LogP contribution is -2.33. The van der Waals surface area contributed by atoms with Crippen molar-refractivity contribution in [3.8, 4) is 22.5 Å². The third-order valence-corrected chi connectivity index (χ3v) is 5.17. The Morgan fingerprint density at radius 2 is 1.62 bits per heavy atom. The molecular weight excluding hydrogens is 292 g/mol. The summed E-state index contributed by atoms with van der Waals surface area (Å²) in [5, 5.41) is 0. The van der Waals surface area contributed by atoms with Gasteiger partial charge in [-0.1, -0.05) is 29.8 Å². The lowest BCUT2D eigenvalue weighted by Gasteiger charge is -2.09. The first-order valence-electron chi connectivity index (χ1n) is 8.51. The summed E-state index contributed by atoms with van der Waals surface area (Å²) in [6.45, 7) is 8.68. The van der Waals surface area contributed by atoms with Crippen molar-refractivity contribution in [2.45, 2.75) is 34.1 Å². The van der Waals surface area contributed by atoms with Crippen LogP contribution in [-0.4, -0.2) is 4.98 Å². The fourth-order valence-electron chi connectivity index (χ4n) is 3.75. The van der Waals surface area contributed by atoms with Gasteiger partial charge in [-0.15, -0.1) is 0 Å². The molecule has 0 bridgehead atoms. The van der Waals surface area contributed by atoms with Gasteiger partial charge >= 0.3 is 5.82 Å². The quantitative estimate of drug-likeness (QED) is 0.476. The molecule has 0 aliphatic heterocycles. The molecule has 0 saturated heterocycles. The van der Waals surface area contributed by atoms with Gasteiger partial charge < -0.3 is 0 Å². The number of fused-ring (bicyclic) bond motifs is 3. The molecule has 1 aliphatic rings. The highest BCUT2D eigenvalue weighted by Gasteiger charge is 2.28. The summed E-state index contributed by atoms with van der Waals surface area (Å²) in [4.78, 5) is 5.07. The van der Waals surface area contributed by atoms with Crippen LogP contribution in [0.25, 0.3) is 22.5 Å². The van der Waals surface area contributed by atoms with Crippen LogP contribution in [0.2, 0.25) is 0 Å². The molecule has 0 amide bonds. The number of benzene rings is 2. The van der Waals surface area contributed by atoms with Gasteiger partial charge in [0.2, 0.25) is 0 Å². The Hall–Kier alpha value is -2.48. The molecule has 3 aromatic rings. The topological polar surface area (TPSA) is 16.8 Å². The molecule has 1 heterocycles. The molecular formula is C22H23N2+. The normalized spacial score (nSPS) is 12.2. The van der Waals surface area contributed by atoms with Crippen LogP contribution in [0, 0.1) is 27.7 Å². The van der Waals surface area contributed by atoms with Crippen molar-refractivity contribution in [1.82, 2.24) is 4.98 Å². The highest BCUT2D eigenvalue weighted by molar-refractivity contribution is 5.75. The summed E-state index contributed by atoms with van der Waals surface area (Å²) in [6, 6.07) is 11.2. The van der Waals surface area contributed by atoms with Gasteiger partial charge in [-0.25, -0.2) is 4.57 Å². The first-order valence-corrected chi connectivity index (χ1v) is 8.51. The predicted molar refractivity (Wildman–Crippen MR) is 98.0 cm³/mol. The molecule has 0 N–H and O–H groups in total. The number of nitrogens with zero attached hydrogens (tertiary/aromatic N) is 2. The van der Waals surface area contributed by atoms with Gasteiger partial charge in [0.05, 0.1) is 18.2 Å². The third-order valence-electron chi connectivity index (χ3n) is 5.17. The Bertz CT molecular complexity index is 984. The van der Waals surface area contributed by atoms with Crippen molar-refractivity contribution in [1.29, 1.82) is 0 Å². The molecule has 1 aromatic heterocycles. The zero-order valence-corrected chi connectivity index (χ0v) is 15.1. The Labute approximate surface area is 143 Å². The van der Waals surface area contributed by atoms with E-state index in [4.69, 9.17) is 4.98 Å². The zero-order valence-electron chi connectivity index (χ0n) is 15.1. The van der Waals surface area contributed by atoms with E-state index in [2.05, 4.69) is 75.8 Å². The third kappa shape index (κ3) is 2.25. The second kappa shape index (κ2) is 5.27. The molecule has 0 spiro atoms. The molecule has 0 fully saturated rings. The van der Waals surface area contributed by atoms with Crippen LogP contribution in [0.5, 0.6) is 0 Å². The van der Waals surface area contributed by atoms with E-state index in [1.54, 1.807) is 0 Å². The minimum atomic E-state index is 0.933. The SMILES string of the molecule is Cc1ccc2c(c1)-c1c[n+](C)c(-c3cc(C)cc(C)c3C)nc1C2. The van der Waals surface area contributed by atoms with Crippen LogP contribution in [-0.2, 0) is 13.5 Å². The van der Waals surface area contributed by atoms with Crippen LogP contribution >= 0.6 is 0 Å². The average molecular weight is 315 g/mol. The van der Waals surface area contributed by atoms with E-state index in [0.29, 0.717) is 0 Å². The fraction of sp³-hybridized carbons (Fsp3) is 0.273. The Balaban J connectivity index is 1.92. The van der Waals surface area contributed by atoms with E-state index < -0.39 is 0 Å². The largest absolute Gasteiger partial charge is 0.330 e. The minimum Gasteiger partial charge on any atom is -0.232 e. The molecule has 2 nitrogen and oxygen atoms in total. The van der Waals surface area contributed by atoms with Gasteiger partial charge in [-0.3, -0.25) is 0 Å².